The van der Waals surface area contributed by atoms with Crippen LogP contribution in [0.3, 0.4) is 0 Å². The van der Waals surface area contributed by atoms with E-state index in [1.165, 1.54) is 11.8 Å². The third-order valence-electron chi connectivity index (χ3n) is 5.36. The predicted octanol–water partition coefficient (Wildman–Crippen LogP) is 5.24. The quantitative estimate of drug-likeness (QED) is 0.283. The Bertz CT molecular complexity index is 1240. The van der Waals surface area contributed by atoms with E-state index >= 15 is 0 Å². The van der Waals surface area contributed by atoms with Crippen LogP contribution in [0.2, 0.25) is 0 Å². The van der Waals surface area contributed by atoms with Crippen molar-refractivity contribution in [3.63, 3.8) is 0 Å². The maximum atomic E-state index is 13.0. The molecular formula is C23H24N4O2S2. The molecule has 4 aromatic rings. The van der Waals surface area contributed by atoms with E-state index in [0.29, 0.717) is 5.16 Å². The Hall–Kier alpha value is -2.84. The monoisotopic (exact) mass is 452 g/mol. The van der Waals surface area contributed by atoms with Crippen molar-refractivity contribution in [2.45, 2.75) is 25.9 Å². The molecule has 3 heterocycles. The van der Waals surface area contributed by atoms with Crippen molar-refractivity contribution in [2.75, 3.05) is 12.9 Å². The van der Waals surface area contributed by atoms with Crippen molar-refractivity contribution in [1.29, 1.82) is 0 Å². The van der Waals surface area contributed by atoms with Gasteiger partial charge in [-0.3, -0.25) is 9.36 Å². The highest BCUT2D eigenvalue weighted by atomic mass is 32.2. The maximum absolute atomic E-state index is 13.0. The van der Waals surface area contributed by atoms with Crippen LogP contribution in [0, 0.1) is 20.8 Å². The maximum Gasteiger partial charge on any atom is 0.196 e. The summed E-state index contributed by atoms with van der Waals surface area (Å²) in [7, 11) is 3.63. The highest BCUT2D eigenvalue weighted by molar-refractivity contribution is 7.99. The number of aryl methyl sites for hydroxylation is 2. The molecule has 0 saturated carbocycles. The van der Waals surface area contributed by atoms with Gasteiger partial charge in [0, 0.05) is 24.0 Å². The van der Waals surface area contributed by atoms with E-state index in [0.717, 1.165) is 44.7 Å². The Kier molecular flexibility index (Phi) is 6.02. The fourth-order valence-electron chi connectivity index (χ4n) is 3.47. The number of hydrogen-bond donors (Lipinski definition) is 0. The van der Waals surface area contributed by atoms with Gasteiger partial charge in [0.2, 0.25) is 0 Å². The van der Waals surface area contributed by atoms with Gasteiger partial charge in [0.05, 0.1) is 23.4 Å². The van der Waals surface area contributed by atoms with Crippen LogP contribution in [0.15, 0.2) is 46.9 Å². The molecule has 0 aliphatic carbocycles. The number of rotatable bonds is 7. The lowest BCUT2D eigenvalue weighted by Crippen LogP contribution is -2.07. The third kappa shape index (κ3) is 4.05. The summed E-state index contributed by atoms with van der Waals surface area (Å²) in [4.78, 5) is 14.0. The van der Waals surface area contributed by atoms with Crippen molar-refractivity contribution in [3.05, 3.63) is 64.3 Å². The Morgan fingerprint density at radius 3 is 2.61 bits per heavy atom. The smallest absolute Gasteiger partial charge is 0.196 e. The van der Waals surface area contributed by atoms with Crippen LogP contribution in [0.5, 0.6) is 5.75 Å². The fraction of sp³-hybridized carbons (Fsp3) is 0.261. The zero-order chi connectivity index (χ0) is 22.1. The van der Waals surface area contributed by atoms with Gasteiger partial charge in [-0.15, -0.1) is 21.5 Å². The van der Waals surface area contributed by atoms with Crippen molar-refractivity contribution < 1.29 is 9.53 Å². The number of methoxy groups -OCH3 is 1. The van der Waals surface area contributed by atoms with Crippen LogP contribution in [-0.2, 0) is 7.05 Å². The van der Waals surface area contributed by atoms with E-state index in [1.807, 2.05) is 72.7 Å². The number of benzene rings is 1. The molecule has 0 radical (unpaired) electrons. The summed E-state index contributed by atoms with van der Waals surface area (Å²) >= 11 is 2.99. The number of carbonyl (C=O) groups excluding carboxylic acids is 1. The molecule has 6 nitrogen and oxygen atoms in total. The third-order valence-corrected chi connectivity index (χ3v) is 7.15. The van der Waals surface area contributed by atoms with Gasteiger partial charge in [-0.1, -0.05) is 23.9 Å². The zero-order valence-corrected chi connectivity index (χ0v) is 19.8. The van der Waals surface area contributed by atoms with Gasteiger partial charge in [-0.2, -0.15) is 0 Å². The van der Waals surface area contributed by atoms with Crippen LogP contribution in [0.4, 0.5) is 0 Å². The number of ketones is 1. The highest BCUT2D eigenvalue weighted by Gasteiger charge is 2.22. The highest BCUT2D eigenvalue weighted by Crippen LogP contribution is 2.35. The van der Waals surface area contributed by atoms with E-state index in [9.17, 15) is 4.79 Å². The van der Waals surface area contributed by atoms with Crippen LogP contribution in [0.25, 0.3) is 16.4 Å². The van der Waals surface area contributed by atoms with Crippen molar-refractivity contribution in [2.24, 2.45) is 7.05 Å². The minimum Gasteiger partial charge on any atom is -0.495 e. The fourth-order valence-corrected chi connectivity index (χ4v) is 4.99. The van der Waals surface area contributed by atoms with E-state index in [1.54, 1.807) is 18.4 Å². The van der Waals surface area contributed by atoms with Crippen LogP contribution < -0.4 is 4.74 Å². The molecule has 8 heteroatoms. The van der Waals surface area contributed by atoms with E-state index < -0.39 is 0 Å². The molecule has 0 unspecified atom stereocenters. The zero-order valence-electron chi connectivity index (χ0n) is 18.2. The summed E-state index contributed by atoms with van der Waals surface area (Å²) in [5, 5.41) is 11.6. The number of aromatic nitrogens is 4. The van der Waals surface area contributed by atoms with Crippen LogP contribution in [-0.4, -0.2) is 38.0 Å². The molecule has 0 N–H and O–H groups in total. The van der Waals surface area contributed by atoms with Gasteiger partial charge >= 0.3 is 0 Å². The SMILES string of the molecule is COc1ccc(C)cc1-n1c(SCC(=O)c2cc(C)n(C)c2C)nnc1-c1cccs1. The summed E-state index contributed by atoms with van der Waals surface area (Å²) in [5.74, 6) is 1.82. The predicted molar refractivity (Wildman–Crippen MR) is 126 cm³/mol. The molecule has 4 rings (SSSR count). The Morgan fingerprint density at radius 2 is 1.97 bits per heavy atom. The number of thiophene rings is 1. The second kappa shape index (κ2) is 8.72. The summed E-state index contributed by atoms with van der Waals surface area (Å²) < 4.78 is 9.65. The van der Waals surface area contributed by atoms with Gasteiger partial charge in [0.25, 0.3) is 0 Å². The van der Waals surface area contributed by atoms with E-state index in [2.05, 4.69) is 16.3 Å². The summed E-state index contributed by atoms with van der Waals surface area (Å²) in [6.45, 7) is 6.01. The average molecular weight is 453 g/mol. The van der Waals surface area contributed by atoms with Gasteiger partial charge in [0.15, 0.2) is 16.8 Å². The first-order chi connectivity index (χ1) is 14.9. The van der Waals surface area contributed by atoms with E-state index in [-0.39, 0.29) is 11.5 Å². The first kappa shape index (κ1) is 21.4. The number of nitrogens with zero attached hydrogens (tertiary/aromatic N) is 4. The molecule has 0 fully saturated rings. The van der Waals surface area contributed by atoms with Gasteiger partial charge in [0.1, 0.15) is 5.75 Å². The van der Waals surface area contributed by atoms with E-state index in [4.69, 9.17) is 4.74 Å². The Balaban J connectivity index is 1.73. The molecule has 31 heavy (non-hydrogen) atoms. The first-order valence-electron chi connectivity index (χ1n) is 9.84. The first-order valence-corrected chi connectivity index (χ1v) is 11.7. The number of Topliss-reactive ketones (excluding diaryl/α,β-unsaturated/α-hetero) is 1. The normalized spacial score (nSPS) is 11.1. The number of hydrogen-bond acceptors (Lipinski definition) is 6. The van der Waals surface area contributed by atoms with Gasteiger partial charge in [-0.25, -0.2) is 0 Å². The molecule has 0 spiro atoms. The molecule has 160 valence electrons. The minimum atomic E-state index is 0.0784. The van der Waals surface area contributed by atoms with Crippen molar-refractivity contribution in [1.82, 2.24) is 19.3 Å². The lowest BCUT2D eigenvalue weighted by molar-refractivity contribution is 0.102. The molecule has 1 aromatic carbocycles. The second-order valence-electron chi connectivity index (χ2n) is 7.35. The molecule has 0 aliphatic rings. The molecule has 0 bridgehead atoms. The van der Waals surface area contributed by atoms with Crippen molar-refractivity contribution >= 4 is 28.9 Å². The van der Waals surface area contributed by atoms with Crippen LogP contribution >= 0.6 is 23.1 Å². The molecule has 0 aliphatic heterocycles. The average Bonchev–Trinajstić information content (AvgIpc) is 3.48. The van der Waals surface area contributed by atoms with Gasteiger partial charge < -0.3 is 9.30 Å². The minimum absolute atomic E-state index is 0.0784. The lowest BCUT2D eigenvalue weighted by atomic mass is 10.2. The Morgan fingerprint density at radius 1 is 1.16 bits per heavy atom. The largest absolute Gasteiger partial charge is 0.495 e. The Labute approximate surface area is 189 Å². The standard InChI is InChI=1S/C23H24N4O2S2/c1-14-8-9-20(29-5)18(11-14)27-22(21-7-6-10-30-21)24-25-23(27)31-13-19(28)17-12-15(2)26(4)16(17)3/h6-12H,13H2,1-5H3. The summed E-state index contributed by atoms with van der Waals surface area (Å²) in [6, 6.07) is 12.0. The molecule has 3 aromatic heterocycles. The molecule has 0 amide bonds. The molecule has 0 saturated heterocycles. The molecular weight excluding hydrogens is 428 g/mol. The summed E-state index contributed by atoms with van der Waals surface area (Å²) in [6.07, 6.45) is 0. The topological polar surface area (TPSA) is 61.9 Å². The van der Waals surface area contributed by atoms with Gasteiger partial charge in [-0.05, 0) is 56.0 Å². The second-order valence-corrected chi connectivity index (χ2v) is 9.24. The van der Waals surface area contributed by atoms with Crippen LogP contribution in [0.1, 0.15) is 27.3 Å². The number of carbonyl (C=O) groups is 1. The number of ether oxygens (including phenoxy) is 1. The lowest BCUT2D eigenvalue weighted by Gasteiger charge is -2.14. The van der Waals surface area contributed by atoms with Crippen molar-refractivity contribution in [3.8, 4) is 22.1 Å². The number of thioether (sulfide) groups is 1. The summed E-state index contributed by atoms with van der Waals surface area (Å²) in [5.41, 5.74) is 4.76. The molecule has 0 atom stereocenters.